The molecule has 1 saturated heterocycles. The molecule has 3 heterocycles. The molecule has 4 rings (SSSR count). The fourth-order valence-corrected chi connectivity index (χ4v) is 5.14. The minimum absolute atomic E-state index is 0.181. The first-order valence-electron chi connectivity index (χ1n) is 12.6. The van der Waals surface area contributed by atoms with E-state index in [1.54, 1.807) is 23.2 Å². The van der Waals surface area contributed by atoms with E-state index in [1.807, 2.05) is 39.1 Å². The molecule has 0 spiro atoms. The van der Waals surface area contributed by atoms with Crippen LogP contribution in [0, 0.1) is 0 Å². The number of amides is 1. The number of hydrogen-bond acceptors (Lipinski definition) is 6. The summed E-state index contributed by atoms with van der Waals surface area (Å²) in [7, 11) is -1.23. The van der Waals surface area contributed by atoms with Crippen molar-refractivity contribution in [2.24, 2.45) is 0 Å². The largest absolute Gasteiger partial charge is 0.508 e. The van der Waals surface area contributed by atoms with E-state index in [1.165, 1.54) is 0 Å². The molecule has 1 atom stereocenters. The Hall–Kier alpha value is -2.91. The maximum Gasteiger partial charge on any atom is 0.410 e. The molecular formula is C27H38N4O4Si. The molecule has 36 heavy (non-hydrogen) atoms. The molecule has 2 aromatic heterocycles. The van der Waals surface area contributed by atoms with Crippen LogP contribution in [-0.2, 0) is 16.2 Å². The van der Waals surface area contributed by atoms with Crippen molar-refractivity contribution >= 4 is 25.1 Å². The smallest absolute Gasteiger partial charge is 0.410 e. The molecule has 1 aliphatic heterocycles. The molecule has 1 unspecified atom stereocenters. The molecule has 194 valence electrons. The number of aromatic nitrogens is 3. The molecule has 8 nitrogen and oxygen atoms in total. The summed E-state index contributed by atoms with van der Waals surface area (Å²) in [5.74, 6) is 0.988. The van der Waals surface area contributed by atoms with E-state index in [9.17, 15) is 9.90 Å². The first kappa shape index (κ1) is 26.2. The van der Waals surface area contributed by atoms with Gasteiger partial charge in [0, 0.05) is 44.4 Å². The predicted molar refractivity (Wildman–Crippen MR) is 144 cm³/mol. The van der Waals surface area contributed by atoms with Gasteiger partial charge in [-0.2, -0.15) is 0 Å². The zero-order valence-corrected chi connectivity index (χ0v) is 23.2. The highest BCUT2D eigenvalue weighted by atomic mass is 28.3. The monoisotopic (exact) mass is 510 g/mol. The zero-order chi connectivity index (χ0) is 26.1. The summed E-state index contributed by atoms with van der Waals surface area (Å²) in [4.78, 5) is 24.1. The molecule has 1 aliphatic rings. The average molecular weight is 511 g/mol. The summed E-state index contributed by atoms with van der Waals surface area (Å²) in [6, 6.07) is 8.10. The normalized spacial score (nSPS) is 16.6. The van der Waals surface area contributed by atoms with Crippen molar-refractivity contribution in [1.29, 1.82) is 0 Å². The number of ether oxygens (including phenoxy) is 2. The highest BCUT2D eigenvalue weighted by Crippen LogP contribution is 2.35. The van der Waals surface area contributed by atoms with E-state index in [2.05, 4.69) is 29.2 Å². The molecule has 0 aliphatic carbocycles. The molecule has 9 heteroatoms. The van der Waals surface area contributed by atoms with E-state index in [4.69, 9.17) is 14.5 Å². The summed E-state index contributed by atoms with van der Waals surface area (Å²) in [5.41, 5.74) is 1.96. The second kappa shape index (κ2) is 10.2. The van der Waals surface area contributed by atoms with Gasteiger partial charge in [0.1, 0.15) is 23.9 Å². The highest BCUT2D eigenvalue weighted by molar-refractivity contribution is 6.76. The van der Waals surface area contributed by atoms with Crippen LogP contribution in [0.2, 0.25) is 25.7 Å². The zero-order valence-electron chi connectivity index (χ0n) is 22.2. The number of rotatable bonds is 7. The number of pyridine rings is 1. The second-order valence-corrected chi connectivity index (χ2v) is 17.3. The van der Waals surface area contributed by atoms with Gasteiger partial charge in [0.15, 0.2) is 0 Å². The van der Waals surface area contributed by atoms with Gasteiger partial charge >= 0.3 is 6.09 Å². The van der Waals surface area contributed by atoms with E-state index in [0.29, 0.717) is 19.9 Å². The lowest BCUT2D eigenvalue weighted by molar-refractivity contribution is 0.0204. The van der Waals surface area contributed by atoms with Gasteiger partial charge in [0.2, 0.25) is 0 Å². The first-order chi connectivity index (χ1) is 16.9. The Morgan fingerprint density at radius 1 is 1.17 bits per heavy atom. The van der Waals surface area contributed by atoms with E-state index < -0.39 is 13.7 Å². The van der Waals surface area contributed by atoms with Crippen LogP contribution in [-0.4, -0.2) is 57.5 Å². The van der Waals surface area contributed by atoms with Crippen LogP contribution in [0.25, 0.3) is 22.2 Å². The fraction of sp³-hybridized carbons (Fsp3) is 0.519. The Morgan fingerprint density at radius 3 is 2.67 bits per heavy atom. The minimum Gasteiger partial charge on any atom is -0.508 e. The van der Waals surface area contributed by atoms with Crippen LogP contribution < -0.4 is 0 Å². The topological polar surface area (TPSA) is 89.7 Å². The number of phenolic OH excluding ortho intramolecular Hbond substituents is 1. The third kappa shape index (κ3) is 6.25. The summed E-state index contributed by atoms with van der Waals surface area (Å²) in [6.07, 6.45) is 5.03. The number of aromatic hydroxyl groups is 1. The van der Waals surface area contributed by atoms with Crippen LogP contribution in [0.1, 0.15) is 45.5 Å². The Labute approximate surface area is 214 Å². The Balaban J connectivity index is 1.68. The molecule has 1 aromatic carbocycles. The molecule has 0 saturated carbocycles. The quantitative estimate of drug-likeness (QED) is 0.301. The molecule has 1 amide bonds. The van der Waals surface area contributed by atoms with Crippen LogP contribution in [0.15, 0.2) is 36.7 Å². The van der Waals surface area contributed by atoms with Crippen molar-refractivity contribution in [2.75, 3.05) is 13.2 Å². The molecule has 0 bridgehead atoms. The third-order valence-corrected chi connectivity index (χ3v) is 7.95. The highest BCUT2D eigenvalue weighted by Gasteiger charge is 2.36. The van der Waals surface area contributed by atoms with Crippen molar-refractivity contribution in [1.82, 2.24) is 19.4 Å². The van der Waals surface area contributed by atoms with Gasteiger partial charge < -0.3 is 19.1 Å². The molecule has 3 aromatic rings. The summed E-state index contributed by atoms with van der Waals surface area (Å²) in [6.45, 7) is 14.3. The van der Waals surface area contributed by atoms with Crippen molar-refractivity contribution in [3.05, 3.63) is 42.5 Å². The van der Waals surface area contributed by atoms with Crippen molar-refractivity contribution in [3.63, 3.8) is 0 Å². The number of benzene rings is 1. The van der Waals surface area contributed by atoms with Crippen LogP contribution in [0.4, 0.5) is 4.79 Å². The molecule has 1 fully saturated rings. The first-order valence-corrected chi connectivity index (χ1v) is 16.3. The van der Waals surface area contributed by atoms with Gasteiger partial charge in [0.25, 0.3) is 0 Å². The van der Waals surface area contributed by atoms with E-state index in [-0.39, 0.29) is 17.9 Å². The van der Waals surface area contributed by atoms with Gasteiger partial charge in [0.05, 0.1) is 23.4 Å². The lowest BCUT2D eigenvalue weighted by Gasteiger charge is -2.29. The summed E-state index contributed by atoms with van der Waals surface area (Å²) < 4.78 is 13.9. The number of carbonyl (C=O) groups is 1. The van der Waals surface area contributed by atoms with Crippen LogP contribution in [0.3, 0.4) is 0 Å². The van der Waals surface area contributed by atoms with Crippen molar-refractivity contribution < 1.29 is 19.4 Å². The van der Waals surface area contributed by atoms with E-state index >= 15 is 0 Å². The number of hydrogen-bond donors (Lipinski definition) is 1. The minimum atomic E-state index is -1.23. The lowest BCUT2D eigenvalue weighted by atomic mass is 10.1. The van der Waals surface area contributed by atoms with Crippen molar-refractivity contribution in [3.8, 4) is 17.0 Å². The average Bonchev–Trinajstić information content (AvgIpc) is 3.41. The lowest BCUT2D eigenvalue weighted by Crippen LogP contribution is -2.37. The van der Waals surface area contributed by atoms with Gasteiger partial charge in [-0.3, -0.25) is 9.88 Å². The van der Waals surface area contributed by atoms with Crippen molar-refractivity contribution in [2.45, 2.75) is 77.7 Å². The molecule has 1 N–H and O–H groups in total. The third-order valence-electron chi connectivity index (χ3n) is 6.25. The Kier molecular flexibility index (Phi) is 7.42. The van der Waals surface area contributed by atoms with Gasteiger partial charge in [-0.15, -0.1) is 0 Å². The number of fused-ring (bicyclic) bond motifs is 1. The fourth-order valence-electron chi connectivity index (χ4n) is 4.38. The van der Waals surface area contributed by atoms with Gasteiger partial charge in [-0.05, 0) is 57.9 Å². The number of carbonyl (C=O) groups excluding carboxylic acids is 1. The Bertz CT molecular complexity index is 1230. The predicted octanol–water partition coefficient (Wildman–Crippen LogP) is 6.19. The van der Waals surface area contributed by atoms with Gasteiger partial charge in [-0.1, -0.05) is 19.6 Å². The summed E-state index contributed by atoms with van der Waals surface area (Å²) >= 11 is 0. The van der Waals surface area contributed by atoms with E-state index in [0.717, 1.165) is 46.9 Å². The second-order valence-electron chi connectivity index (χ2n) is 11.7. The maximum absolute atomic E-state index is 13.0. The number of phenols is 1. The number of imidazole rings is 1. The van der Waals surface area contributed by atoms with Gasteiger partial charge in [-0.25, -0.2) is 9.78 Å². The van der Waals surface area contributed by atoms with Crippen LogP contribution in [0.5, 0.6) is 5.75 Å². The maximum atomic E-state index is 13.0. The standard InChI is InChI=1S/C27H38N4O4Si/c1-27(2,3)35-26(33)30-11-7-8-23(30)25-29-17-24(31(25)18-34-12-13-36(4,5)6)20-14-19-9-10-21(32)15-22(19)28-16-20/h9-10,14-17,23,32H,7-8,11-13,18H2,1-6H3. The summed E-state index contributed by atoms with van der Waals surface area (Å²) in [5, 5.41) is 10.7. The number of likely N-dealkylation sites (tertiary alicyclic amines) is 1. The van der Waals surface area contributed by atoms with Crippen LogP contribution >= 0.6 is 0 Å². The SMILES string of the molecule is CC(C)(C)OC(=O)N1CCCC1c1ncc(-c2cnc3cc(O)ccc3c2)n1COCC[Si](C)(C)C. The molecule has 0 radical (unpaired) electrons. The Morgan fingerprint density at radius 2 is 1.94 bits per heavy atom. The molecular weight excluding hydrogens is 472 g/mol. The number of nitrogens with zero attached hydrogens (tertiary/aromatic N) is 4.